The molecule has 5 heteroatoms. The summed E-state index contributed by atoms with van der Waals surface area (Å²) in [5.74, 6) is 0.416. The van der Waals surface area contributed by atoms with Crippen molar-refractivity contribution >= 4 is 23.3 Å². The van der Waals surface area contributed by atoms with Crippen LogP contribution in [0.1, 0.15) is 26.7 Å². The normalized spacial score (nSPS) is 11.3. The van der Waals surface area contributed by atoms with Gasteiger partial charge in [0.25, 0.3) is 0 Å². The van der Waals surface area contributed by atoms with E-state index in [-0.39, 0.29) is 5.91 Å². The van der Waals surface area contributed by atoms with E-state index in [0.717, 1.165) is 0 Å². The monoisotopic (exact) mass is 255 g/mol. The Morgan fingerprint density at radius 2 is 2.12 bits per heavy atom. The van der Waals surface area contributed by atoms with Crippen molar-refractivity contribution in [2.45, 2.75) is 26.7 Å². The van der Waals surface area contributed by atoms with E-state index in [2.05, 4.69) is 10.3 Å². The molecular formula is C12H18ClN3O. The molecule has 0 unspecified atom stereocenters. The van der Waals surface area contributed by atoms with Crippen LogP contribution in [-0.4, -0.2) is 17.4 Å². The van der Waals surface area contributed by atoms with Gasteiger partial charge in [-0.1, -0.05) is 25.4 Å². The lowest BCUT2D eigenvalue weighted by molar-refractivity contribution is -0.125. The van der Waals surface area contributed by atoms with Crippen molar-refractivity contribution in [3.05, 3.63) is 23.4 Å². The fraction of sp³-hybridized carbons (Fsp3) is 0.500. The molecule has 1 heterocycles. The number of pyridine rings is 1. The van der Waals surface area contributed by atoms with Gasteiger partial charge in [0.05, 0.1) is 10.4 Å². The van der Waals surface area contributed by atoms with Gasteiger partial charge in [-0.15, -0.1) is 0 Å². The van der Waals surface area contributed by atoms with Gasteiger partial charge in [0, 0.05) is 12.7 Å². The van der Waals surface area contributed by atoms with E-state index in [4.69, 9.17) is 17.3 Å². The lowest BCUT2D eigenvalue weighted by Gasteiger charge is -2.28. The van der Waals surface area contributed by atoms with Crippen LogP contribution in [0.15, 0.2) is 18.3 Å². The van der Waals surface area contributed by atoms with Crippen LogP contribution >= 0.6 is 11.6 Å². The molecule has 0 saturated heterocycles. The molecule has 0 aliphatic rings. The molecule has 0 saturated carbocycles. The molecule has 1 rings (SSSR count). The Hall–Kier alpha value is -1.13. The van der Waals surface area contributed by atoms with Crippen molar-refractivity contribution in [2.75, 3.05) is 11.9 Å². The number of halogens is 1. The number of anilines is 1. The Balaban J connectivity index is 2.80. The molecule has 17 heavy (non-hydrogen) atoms. The predicted octanol–water partition coefficient (Wildman–Crippen LogP) is 2.44. The SMILES string of the molecule is CCC(CC)(CN)C(=O)Nc1ccc(Cl)cn1. The zero-order chi connectivity index (χ0) is 12.9. The maximum atomic E-state index is 12.1. The highest BCUT2D eigenvalue weighted by atomic mass is 35.5. The molecule has 0 aliphatic carbocycles. The summed E-state index contributed by atoms with van der Waals surface area (Å²) in [6.07, 6.45) is 2.91. The number of carbonyl (C=O) groups excluding carboxylic acids is 1. The Morgan fingerprint density at radius 3 is 2.53 bits per heavy atom. The largest absolute Gasteiger partial charge is 0.329 e. The van der Waals surface area contributed by atoms with Crippen LogP contribution in [-0.2, 0) is 4.79 Å². The van der Waals surface area contributed by atoms with Gasteiger partial charge in [-0.2, -0.15) is 0 Å². The maximum Gasteiger partial charge on any atom is 0.233 e. The molecular weight excluding hydrogens is 238 g/mol. The highest BCUT2D eigenvalue weighted by Crippen LogP contribution is 2.26. The first-order valence-corrected chi connectivity index (χ1v) is 6.09. The predicted molar refractivity (Wildman–Crippen MR) is 69.9 cm³/mol. The van der Waals surface area contributed by atoms with Crippen molar-refractivity contribution < 1.29 is 4.79 Å². The molecule has 3 N–H and O–H groups in total. The number of nitrogens with two attached hydrogens (primary N) is 1. The van der Waals surface area contributed by atoms with Crippen molar-refractivity contribution in [1.29, 1.82) is 0 Å². The Kier molecular flexibility index (Phi) is 4.90. The second kappa shape index (κ2) is 5.98. The molecule has 0 radical (unpaired) electrons. The minimum absolute atomic E-state index is 0.0835. The summed E-state index contributed by atoms with van der Waals surface area (Å²) >= 11 is 5.72. The molecule has 0 aliphatic heterocycles. The molecule has 0 atom stereocenters. The van der Waals surface area contributed by atoms with Gasteiger partial charge in [-0.05, 0) is 25.0 Å². The smallest absolute Gasteiger partial charge is 0.233 e. The molecule has 0 spiro atoms. The van der Waals surface area contributed by atoms with Gasteiger partial charge in [-0.3, -0.25) is 4.79 Å². The van der Waals surface area contributed by atoms with Gasteiger partial charge >= 0.3 is 0 Å². The fourth-order valence-electron chi connectivity index (χ4n) is 1.65. The summed E-state index contributed by atoms with van der Waals surface area (Å²) in [7, 11) is 0. The molecule has 1 aromatic heterocycles. The summed E-state index contributed by atoms with van der Waals surface area (Å²) in [6, 6.07) is 3.36. The Labute approximate surface area is 107 Å². The summed E-state index contributed by atoms with van der Waals surface area (Å²) < 4.78 is 0. The Bertz CT molecular complexity index is 366. The summed E-state index contributed by atoms with van der Waals surface area (Å²) in [5, 5.41) is 3.31. The van der Waals surface area contributed by atoms with E-state index in [0.29, 0.717) is 30.2 Å². The first kappa shape index (κ1) is 13.9. The van der Waals surface area contributed by atoms with Crippen molar-refractivity contribution in [2.24, 2.45) is 11.1 Å². The van der Waals surface area contributed by atoms with Crippen LogP contribution in [0.3, 0.4) is 0 Å². The third kappa shape index (κ3) is 3.17. The lowest BCUT2D eigenvalue weighted by atomic mass is 9.81. The van der Waals surface area contributed by atoms with Crippen LogP contribution in [0.2, 0.25) is 5.02 Å². The van der Waals surface area contributed by atoms with Crippen molar-refractivity contribution in [3.8, 4) is 0 Å². The molecule has 0 bridgehead atoms. The van der Waals surface area contributed by atoms with Gasteiger partial charge in [-0.25, -0.2) is 4.98 Å². The zero-order valence-corrected chi connectivity index (χ0v) is 10.9. The van der Waals surface area contributed by atoms with E-state index in [1.807, 2.05) is 13.8 Å². The van der Waals surface area contributed by atoms with Crippen LogP contribution < -0.4 is 11.1 Å². The third-order valence-corrected chi connectivity index (χ3v) is 3.42. The second-order valence-corrected chi connectivity index (χ2v) is 4.44. The minimum Gasteiger partial charge on any atom is -0.329 e. The summed E-state index contributed by atoms with van der Waals surface area (Å²) in [4.78, 5) is 16.2. The van der Waals surface area contributed by atoms with Crippen molar-refractivity contribution in [3.63, 3.8) is 0 Å². The average molecular weight is 256 g/mol. The second-order valence-electron chi connectivity index (χ2n) is 4.01. The zero-order valence-electron chi connectivity index (χ0n) is 10.2. The number of carbonyl (C=O) groups is 1. The lowest BCUT2D eigenvalue weighted by Crippen LogP contribution is -2.41. The van der Waals surface area contributed by atoms with Crippen LogP contribution in [0, 0.1) is 5.41 Å². The van der Waals surface area contributed by atoms with Gasteiger partial charge in [0.15, 0.2) is 0 Å². The molecule has 1 amide bonds. The van der Waals surface area contributed by atoms with Crippen LogP contribution in [0.5, 0.6) is 0 Å². The quantitative estimate of drug-likeness (QED) is 0.849. The molecule has 1 aromatic rings. The number of amides is 1. The van der Waals surface area contributed by atoms with Crippen LogP contribution in [0.25, 0.3) is 0 Å². The highest BCUT2D eigenvalue weighted by Gasteiger charge is 2.33. The first-order valence-electron chi connectivity index (χ1n) is 5.71. The van der Waals surface area contributed by atoms with E-state index >= 15 is 0 Å². The first-order chi connectivity index (χ1) is 8.07. The third-order valence-electron chi connectivity index (χ3n) is 3.19. The molecule has 0 aromatic carbocycles. The van der Waals surface area contributed by atoms with E-state index < -0.39 is 5.41 Å². The number of hydrogen-bond acceptors (Lipinski definition) is 3. The average Bonchev–Trinajstić information content (AvgIpc) is 2.35. The molecule has 0 fully saturated rings. The summed E-state index contributed by atoms with van der Waals surface area (Å²) in [5.41, 5.74) is 5.19. The van der Waals surface area contributed by atoms with Crippen molar-refractivity contribution in [1.82, 2.24) is 4.98 Å². The number of rotatable bonds is 5. The van der Waals surface area contributed by atoms with Gasteiger partial charge in [0.2, 0.25) is 5.91 Å². The van der Waals surface area contributed by atoms with E-state index in [1.54, 1.807) is 12.1 Å². The molecule has 94 valence electrons. The minimum atomic E-state index is -0.513. The maximum absolute atomic E-state index is 12.1. The number of nitrogens with zero attached hydrogens (tertiary/aromatic N) is 1. The Morgan fingerprint density at radius 1 is 1.47 bits per heavy atom. The van der Waals surface area contributed by atoms with Gasteiger partial charge in [0.1, 0.15) is 5.82 Å². The molecule has 4 nitrogen and oxygen atoms in total. The number of hydrogen-bond donors (Lipinski definition) is 2. The van der Waals surface area contributed by atoms with Gasteiger partial charge < -0.3 is 11.1 Å². The fourth-order valence-corrected chi connectivity index (χ4v) is 1.76. The standard InChI is InChI=1S/C12H18ClN3O/c1-3-12(4-2,8-14)11(17)16-10-6-5-9(13)7-15-10/h5-7H,3-4,8,14H2,1-2H3,(H,15,16,17). The number of nitrogens with one attached hydrogen (secondary N) is 1. The number of aromatic nitrogens is 1. The van der Waals surface area contributed by atoms with Crippen LogP contribution in [0.4, 0.5) is 5.82 Å². The summed E-state index contributed by atoms with van der Waals surface area (Å²) in [6.45, 7) is 4.26. The highest BCUT2D eigenvalue weighted by molar-refractivity contribution is 6.30. The topological polar surface area (TPSA) is 68.0 Å². The van der Waals surface area contributed by atoms with E-state index in [9.17, 15) is 4.79 Å². The van der Waals surface area contributed by atoms with E-state index in [1.165, 1.54) is 6.20 Å².